The zero-order valence-corrected chi connectivity index (χ0v) is 11.2. The first-order valence-electron chi connectivity index (χ1n) is 6.47. The molecular weight excluding hydrogens is 252 g/mol. The van der Waals surface area contributed by atoms with Crippen LogP contribution in [0.1, 0.15) is 26.7 Å². The van der Waals surface area contributed by atoms with Crippen molar-refractivity contribution in [2.75, 3.05) is 13.1 Å². The van der Waals surface area contributed by atoms with E-state index in [1.807, 2.05) is 0 Å². The van der Waals surface area contributed by atoms with Gasteiger partial charge in [0.05, 0.1) is 12.2 Å². The molecule has 1 saturated heterocycles. The Labute approximate surface area is 112 Å². The van der Waals surface area contributed by atoms with Gasteiger partial charge in [-0.1, -0.05) is 0 Å². The normalized spacial score (nSPS) is 21.6. The van der Waals surface area contributed by atoms with Crippen molar-refractivity contribution in [3.05, 3.63) is 0 Å². The Hall–Kier alpha value is -1.34. The molecule has 0 aromatic rings. The number of aliphatic hydroxyl groups is 2. The number of aliphatic carboxylic acids is 1. The van der Waals surface area contributed by atoms with Crippen LogP contribution in [0.4, 0.5) is 4.79 Å². The molecule has 0 aromatic heterocycles. The minimum absolute atomic E-state index is 0.177. The van der Waals surface area contributed by atoms with Gasteiger partial charge in [-0.3, -0.25) is 0 Å². The Kier molecular flexibility index (Phi) is 5.56. The molecule has 7 heteroatoms. The summed E-state index contributed by atoms with van der Waals surface area (Å²) in [5.74, 6) is -1.08. The maximum atomic E-state index is 11.9. The number of likely N-dealkylation sites (tertiary alicyclic amines) is 1. The second-order valence-electron chi connectivity index (χ2n) is 5.07. The number of urea groups is 1. The lowest BCUT2D eigenvalue weighted by Gasteiger charge is -2.34. The minimum atomic E-state index is -1.30. The highest BCUT2D eigenvalue weighted by Gasteiger charge is 2.30. The number of aliphatic hydroxyl groups excluding tert-OH is 2. The molecule has 110 valence electrons. The van der Waals surface area contributed by atoms with Gasteiger partial charge in [0.1, 0.15) is 0 Å². The first-order valence-corrected chi connectivity index (χ1v) is 6.47. The Balaban J connectivity index is 2.49. The van der Waals surface area contributed by atoms with Crippen LogP contribution in [0.3, 0.4) is 0 Å². The summed E-state index contributed by atoms with van der Waals surface area (Å²) >= 11 is 0. The van der Waals surface area contributed by atoms with Gasteiger partial charge in [0, 0.05) is 13.1 Å². The van der Waals surface area contributed by atoms with Crippen LogP contribution in [0.25, 0.3) is 0 Å². The van der Waals surface area contributed by atoms with Gasteiger partial charge in [0.25, 0.3) is 0 Å². The third-order valence-electron chi connectivity index (χ3n) is 3.54. The molecule has 1 aliphatic heterocycles. The summed E-state index contributed by atoms with van der Waals surface area (Å²) in [5.41, 5.74) is 0. The van der Waals surface area contributed by atoms with Crippen LogP contribution < -0.4 is 5.32 Å². The van der Waals surface area contributed by atoms with Crippen molar-refractivity contribution in [1.82, 2.24) is 10.2 Å². The smallest absolute Gasteiger partial charge is 0.328 e. The molecule has 0 aromatic carbocycles. The zero-order chi connectivity index (χ0) is 14.6. The highest BCUT2D eigenvalue weighted by atomic mass is 16.4. The van der Waals surface area contributed by atoms with Crippen LogP contribution in [0, 0.1) is 5.92 Å². The largest absolute Gasteiger partial charge is 0.480 e. The van der Waals surface area contributed by atoms with E-state index in [0.717, 1.165) is 0 Å². The monoisotopic (exact) mass is 274 g/mol. The molecular formula is C12H22N2O5. The number of carboxylic acids is 1. The lowest BCUT2D eigenvalue weighted by molar-refractivity contribution is -0.141. The molecule has 0 bridgehead atoms. The van der Waals surface area contributed by atoms with E-state index >= 15 is 0 Å². The van der Waals surface area contributed by atoms with Gasteiger partial charge < -0.3 is 25.5 Å². The van der Waals surface area contributed by atoms with E-state index < -0.39 is 30.3 Å². The maximum absolute atomic E-state index is 11.9. The predicted octanol–water partition coefficient (Wildman–Crippen LogP) is -0.377. The molecule has 0 radical (unpaired) electrons. The number of carbonyl (C=O) groups is 2. The van der Waals surface area contributed by atoms with Crippen molar-refractivity contribution in [1.29, 1.82) is 0 Å². The van der Waals surface area contributed by atoms with Crippen molar-refractivity contribution in [3.63, 3.8) is 0 Å². The molecule has 3 atom stereocenters. The lowest BCUT2D eigenvalue weighted by atomic mass is 9.92. The number of piperidine rings is 1. The molecule has 2 amide bonds. The third-order valence-corrected chi connectivity index (χ3v) is 3.54. The fourth-order valence-corrected chi connectivity index (χ4v) is 2.20. The van der Waals surface area contributed by atoms with E-state index in [1.54, 1.807) is 6.92 Å². The van der Waals surface area contributed by atoms with E-state index in [0.29, 0.717) is 25.9 Å². The first-order chi connectivity index (χ1) is 8.82. The average molecular weight is 274 g/mol. The summed E-state index contributed by atoms with van der Waals surface area (Å²) < 4.78 is 0. The molecule has 1 fully saturated rings. The molecule has 19 heavy (non-hydrogen) atoms. The van der Waals surface area contributed by atoms with Crippen molar-refractivity contribution in [3.8, 4) is 0 Å². The lowest BCUT2D eigenvalue weighted by Crippen LogP contribution is -2.54. The van der Waals surface area contributed by atoms with E-state index in [4.69, 9.17) is 5.11 Å². The fraction of sp³-hybridized carbons (Fsp3) is 0.833. The molecule has 4 N–H and O–H groups in total. The molecule has 0 aliphatic carbocycles. The SMILES string of the molecule is CC(O)C1CCN(C(=O)NC(C(=O)O)C(C)O)CC1. The second kappa shape index (κ2) is 6.72. The van der Waals surface area contributed by atoms with Crippen LogP contribution in [0.15, 0.2) is 0 Å². The highest BCUT2D eigenvalue weighted by molar-refractivity contribution is 5.83. The van der Waals surface area contributed by atoms with Crippen LogP contribution >= 0.6 is 0 Å². The van der Waals surface area contributed by atoms with E-state index in [1.165, 1.54) is 11.8 Å². The fourth-order valence-electron chi connectivity index (χ4n) is 2.20. The summed E-state index contributed by atoms with van der Waals surface area (Å²) in [6, 6.07) is -1.79. The van der Waals surface area contributed by atoms with Crippen LogP contribution in [-0.4, -0.2) is 63.6 Å². The Bertz CT molecular complexity index is 324. The first kappa shape index (κ1) is 15.7. The summed E-state index contributed by atoms with van der Waals surface area (Å²) in [6.45, 7) is 4.01. The molecule has 0 saturated carbocycles. The summed E-state index contributed by atoms with van der Waals surface area (Å²) in [6.07, 6.45) is -0.166. The number of amides is 2. The number of rotatable bonds is 4. The average Bonchev–Trinajstić information content (AvgIpc) is 2.34. The van der Waals surface area contributed by atoms with Gasteiger partial charge in [-0.05, 0) is 32.6 Å². The Morgan fingerprint density at radius 2 is 1.74 bits per heavy atom. The predicted molar refractivity (Wildman–Crippen MR) is 67.6 cm³/mol. The van der Waals surface area contributed by atoms with Gasteiger partial charge in [-0.2, -0.15) is 0 Å². The molecule has 1 heterocycles. The van der Waals surface area contributed by atoms with Gasteiger partial charge in [-0.25, -0.2) is 9.59 Å². The number of carbonyl (C=O) groups excluding carboxylic acids is 1. The Morgan fingerprint density at radius 3 is 2.11 bits per heavy atom. The van der Waals surface area contributed by atoms with E-state index in [-0.39, 0.29) is 5.92 Å². The number of nitrogens with one attached hydrogen (secondary N) is 1. The third kappa shape index (κ3) is 4.36. The summed E-state index contributed by atoms with van der Waals surface area (Å²) in [5, 5.41) is 29.9. The molecule has 7 nitrogen and oxygen atoms in total. The van der Waals surface area contributed by atoms with Crippen molar-refractivity contribution in [2.24, 2.45) is 5.92 Å². The summed E-state index contributed by atoms with van der Waals surface area (Å²) in [7, 11) is 0. The molecule has 1 aliphatic rings. The molecule has 0 spiro atoms. The highest BCUT2D eigenvalue weighted by Crippen LogP contribution is 2.20. The second-order valence-corrected chi connectivity index (χ2v) is 5.07. The number of carboxylic acid groups (broad SMARTS) is 1. The van der Waals surface area contributed by atoms with Crippen molar-refractivity contribution < 1.29 is 24.9 Å². The van der Waals surface area contributed by atoms with E-state index in [2.05, 4.69) is 5.32 Å². The van der Waals surface area contributed by atoms with Gasteiger partial charge in [0.2, 0.25) is 0 Å². The van der Waals surface area contributed by atoms with Crippen LogP contribution in [0.2, 0.25) is 0 Å². The van der Waals surface area contributed by atoms with Gasteiger partial charge in [-0.15, -0.1) is 0 Å². The zero-order valence-electron chi connectivity index (χ0n) is 11.2. The van der Waals surface area contributed by atoms with Crippen molar-refractivity contribution >= 4 is 12.0 Å². The standard InChI is InChI=1S/C12H22N2O5/c1-7(15)9-3-5-14(6-4-9)12(19)13-10(8(2)16)11(17)18/h7-10,15-16H,3-6H2,1-2H3,(H,13,19)(H,17,18). The number of hydrogen-bond acceptors (Lipinski definition) is 4. The number of hydrogen-bond donors (Lipinski definition) is 4. The molecule has 1 rings (SSSR count). The topological polar surface area (TPSA) is 110 Å². The van der Waals surface area contributed by atoms with Crippen LogP contribution in [-0.2, 0) is 4.79 Å². The Morgan fingerprint density at radius 1 is 1.21 bits per heavy atom. The van der Waals surface area contributed by atoms with Crippen LogP contribution in [0.5, 0.6) is 0 Å². The van der Waals surface area contributed by atoms with Gasteiger partial charge in [0.15, 0.2) is 6.04 Å². The quantitative estimate of drug-likeness (QED) is 0.559. The van der Waals surface area contributed by atoms with E-state index in [9.17, 15) is 19.8 Å². The summed E-state index contributed by atoms with van der Waals surface area (Å²) in [4.78, 5) is 24.3. The minimum Gasteiger partial charge on any atom is -0.480 e. The maximum Gasteiger partial charge on any atom is 0.328 e. The number of nitrogens with zero attached hydrogens (tertiary/aromatic N) is 1. The van der Waals surface area contributed by atoms with Gasteiger partial charge >= 0.3 is 12.0 Å². The van der Waals surface area contributed by atoms with Crippen molar-refractivity contribution in [2.45, 2.75) is 44.9 Å². The molecule has 3 unspecified atom stereocenters.